The Labute approximate surface area is 158 Å². The molecule has 26 heavy (non-hydrogen) atoms. The highest BCUT2D eigenvalue weighted by Gasteiger charge is 2.12. The average Bonchev–Trinajstić information content (AvgIpc) is 2.60. The van der Waals surface area contributed by atoms with Crippen LogP contribution in [-0.2, 0) is 12.8 Å². The zero-order valence-electron chi connectivity index (χ0n) is 17.0. The lowest BCUT2D eigenvalue weighted by Crippen LogP contribution is -2.30. The first-order chi connectivity index (χ1) is 12.3. The molecule has 0 saturated carbocycles. The molecule has 0 radical (unpaired) electrons. The van der Waals surface area contributed by atoms with Crippen LogP contribution in [0.1, 0.15) is 46.7 Å². The van der Waals surface area contributed by atoms with E-state index in [1.165, 1.54) is 27.8 Å². The van der Waals surface area contributed by atoms with E-state index < -0.39 is 0 Å². The van der Waals surface area contributed by atoms with Gasteiger partial charge in [-0.1, -0.05) is 31.2 Å². The molecule has 0 saturated heterocycles. The first-order valence-corrected chi connectivity index (χ1v) is 9.41. The van der Waals surface area contributed by atoms with Crippen LogP contribution in [0.25, 0.3) is 0 Å². The zero-order valence-corrected chi connectivity index (χ0v) is 17.0. The summed E-state index contributed by atoms with van der Waals surface area (Å²) < 4.78 is 5.59. The molecule has 0 aliphatic rings. The van der Waals surface area contributed by atoms with Crippen molar-refractivity contribution in [3.05, 3.63) is 63.7 Å². The maximum Gasteiger partial charge on any atom is 0.414 e. The lowest BCUT2D eigenvalue weighted by molar-refractivity contribution is 0.162. The van der Waals surface area contributed by atoms with Crippen LogP contribution in [0.3, 0.4) is 0 Å². The number of hydrogen-bond donors (Lipinski definition) is 0. The Bertz CT molecular complexity index is 757. The second kappa shape index (κ2) is 8.88. The first kappa shape index (κ1) is 20.0. The Hall–Kier alpha value is -2.29. The molecule has 0 atom stereocenters. The molecule has 1 amide bonds. The third-order valence-corrected chi connectivity index (χ3v) is 5.01. The third kappa shape index (κ3) is 5.10. The van der Waals surface area contributed by atoms with Crippen molar-refractivity contribution in [3.8, 4) is 5.75 Å². The number of ether oxygens (including phenoxy) is 1. The molecule has 2 aromatic carbocycles. The van der Waals surface area contributed by atoms with Gasteiger partial charge >= 0.3 is 6.09 Å². The van der Waals surface area contributed by atoms with Gasteiger partial charge in [-0.2, -0.15) is 0 Å². The number of benzene rings is 2. The van der Waals surface area contributed by atoms with Gasteiger partial charge in [0.05, 0.1) is 0 Å². The topological polar surface area (TPSA) is 29.5 Å². The molecule has 0 bridgehead atoms. The molecule has 0 heterocycles. The summed E-state index contributed by atoms with van der Waals surface area (Å²) in [5, 5.41) is 0. The monoisotopic (exact) mass is 353 g/mol. The van der Waals surface area contributed by atoms with E-state index in [2.05, 4.69) is 39.0 Å². The fourth-order valence-corrected chi connectivity index (χ4v) is 3.07. The van der Waals surface area contributed by atoms with Crippen molar-refractivity contribution in [2.24, 2.45) is 0 Å². The van der Waals surface area contributed by atoms with E-state index in [1.807, 2.05) is 26.0 Å². The Morgan fingerprint density at radius 1 is 0.923 bits per heavy atom. The van der Waals surface area contributed by atoms with Crippen molar-refractivity contribution in [3.63, 3.8) is 0 Å². The molecule has 0 aliphatic heterocycles. The third-order valence-electron chi connectivity index (χ3n) is 5.01. The van der Waals surface area contributed by atoms with E-state index >= 15 is 0 Å². The summed E-state index contributed by atoms with van der Waals surface area (Å²) in [7, 11) is 1.77. The average molecular weight is 354 g/mol. The van der Waals surface area contributed by atoms with E-state index in [-0.39, 0.29) is 6.09 Å². The molecule has 2 rings (SSSR count). The Morgan fingerprint density at radius 3 is 2.15 bits per heavy atom. The van der Waals surface area contributed by atoms with Gasteiger partial charge in [0.25, 0.3) is 0 Å². The minimum absolute atomic E-state index is 0.295. The molecule has 0 fully saturated rings. The Balaban J connectivity index is 2.08. The predicted molar refractivity (Wildman–Crippen MR) is 108 cm³/mol. The summed E-state index contributed by atoms with van der Waals surface area (Å²) in [5.41, 5.74) is 7.58. The van der Waals surface area contributed by atoms with Crippen LogP contribution in [0.4, 0.5) is 4.79 Å². The molecule has 2 aromatic rings. The predicted octanol–water partition coefficient (Wildman–Crippen LogP) is 5.55. The molecule has 3 heteroatoms. The quantitative estimate of drug-likeness (QED) is 0.682. The van der Waals surface area contributed by atoms with E-state index in [4.69, 9.17) is 4.74 Å². The number of carbonyl (C=O) groups is 1. The van der Waals surface area contributed by atoms with Gasteiger partial charge in [-0.15, -0.1) is 0 Å². The maximum absolute atomic E-state index is 12.2. The standard InChI is InChI=1S/C23H31NO2/c1-7-12-24(6)23(25)26-22-15-20(9-8-16(22)2)10-11-21-13-17(3)19(5)18(4)14-21/h8-9,13-15H,7,10-12H2,1-6H3. The van der Waals surface area contributed by atoms with Gasteiger partial charge in [0.2, 0.25) is 0 Å². The van der Waals surface area contributed by atoms with Crippen LogP contribution in [0, 0.1) is 27.7 Å². The normalized spacial score (nSPS) is 10.7. The molecule has 0 spiro atoms. The van der Waals surface area contributed by atoms with Gasteiger partial charge < -0.3 is 9.64 Å². The lowest BCUT2D eigenvalue weighted by atomic mass is 9.96. The smallest absolute Gasteiger partial charge is 0.410 e. The van der Waals surface area contributed by atoms with Crippen LogP contribution in [0.5, 0.6) is 5.75 Å². The largest absolute Gasteiger partial charge is 0.414 e. The molecule has 3 nitrogen and oxygen atoms in total. The molecule has 0 aromatic heterocycles. The second-order valence-corrected chi connectivity index (χ2v) is 7.24. The van der Waals surface area contributed by atoms with Crippen molar-refractivity contribution in [2.75, 3.05) is 13.6 Å². The lowest BCUT2D eigenvalue weighted by Gasteiger charge is -2.17. The van der Waals surface area contributed by atoms with Crippen LogP contribution in [0.15, 0.2) is 30.3 Å². The van der Waals surface area contributed by atoms with Gasteiger partial charge in [0.1, 0.15) is 5.75 Å². The van der Waals surface area contributed by atoms with Crippen molar-refractivity contribution in [2.45, 2.75) is 53.9 Å². The number of amides is 1. The van der Waals surface area contributed by atoms with Gasteiger partial charge in [-0.25, -0.2) is 4.79 Å². The number of carbonyl (C=O) groups excluding carboxylic acids is 1. The van der Waals surface area contributed by atoms with Crippen molar-refractivity contribution in [1.82, 2.24) is 4.90 Å². The van der Waals surface area contributed by atoms with Crippen molar-refractivity contribution >= 4 is 6.09 Å². The van der Waals surface area contributed by atoms with Crippen LogP contribution in [-0.4, -0.2) is 24.6 Å². The molecular weight excluding hydrogens is 322 g/mol. The van der Waals surface area contributed by atoms with Crippen LogP contribution < -0.4 is 4.74 Å². The number of nitrogens with zero attached hydrogens (tertiary/aromatic N) is 1. The van der Waals surface area contributed by atoms with E-state index in [0.29, 0.717) is 12.3 Å². The summed E-state index contributed by atoms with van der Waals surface area (Å²) in [6.07, 6.45) is 2.53. The van der Waals surface area contributed by atoms with Gasteiger partial charge in [-0.05, 0) is 86.4 Å². The van der Waals surface area contributed by atoms with Crippen LogP contribution in [0.2, 0.25) is 0 Å². The Kier molecular flexibility index (Phi) is 6.84. The SMILES string of the molecule is CCCN(C)C(=O)Oc1cc(CCc2cc(C)c(C)c(C)c2)ccc1C. The summed E-state index contributed by atoms with van der Waals surface area (Å²) >= 11 is 0. The van der Waals surface area contributed by atoms with Gasteiger partial charge in [0.15, 0.2) is 0 Å². The van der Waals surface area contributed by atoms with E-state index in [9.17, 15) is 4.79 Å². The number of aryl methyl sites for hydroxylation is 5. The summed E-state index contributed by atoms with van der Waals surface area (Å²) in [5.74, 6) is 0.659. The van der Waals surface area contributed by atoms with E-state index in [1.54, 1.807) is 11.9 Å². The summed E-state index contributed by atoms with van der Waals surface area (Å²) in [6, 6.07) is 10.7. The van der Waals surface area contributed by atoms with E-state index in [0.717, 1.165) is 24.8 Å². The van der Waals surface area contributed by atoms with Crippen molar-refractivity contribution in [1.29, 1.82) is 0 Å². The van der Waals surface area contributed by atoms with Gasteiger partial charge in [0, 0.05) is 13.6 Å². The molecule has 0 unspecified atom stereocenters. The highest BCUT2D eigenvalue weighted by Crippen LogP contribution is 2.22. The fraction of sp³-hybridized carbons (Fsp3) is 0.435. The maximum atomic E-state index is 12.2. The van der Waals surface area contributed by atoms with Crippen LogP contribution >= 0.6 is 0 Å². The second-order valence-electron chi connectivity index (χ2n) is 7.24. The minimum Gasteiger partial charge on any atom is -0.410 e. The first-order valence-electron chi connectivity index (χ1n) is 9.41. The Morgan fingerprint density at radius 2 is 1.54 bits per heavy atom. The fourth-order valence-electron chi connectivity index (χ4n) is 3.07. The van der Waals surface area contributed by atoms with Crippen molar-refractivity contribution < 1.29 is 9.53 Å². The zero-order chi connectivity index (χ0) is 19.3. The molecule has 0 aliphatic carbocycles. The highest BCUT2D eigenvalue weighted by molar-refractivity contribution is 5.70. The number of rotatable bonds is 6. The van der Waals surface area contributed by atoms with Gasteiger partial charge in [-0.3, -0.25) is 0 Å². The molecule has 0 N–H and O–H groups in total. The highest BCUT2D eigenvalue weighted by atomic mass is 16.6. The molecular formula is C23H31NO2. The summed E-state index contributed by atoms with van der Waals surface area (Å²) in [6.45, 7) is 11.2. The summed E-state index contributed by atoms with van der Waals surface area (Å²) in [4.78, 5) is 13.8. The number of hydrogen-bond acceptors (Lipinski definition) is 2. The molecule has 140 valence electrons. The minimum atomic E-state index is -0.295.